The van der Waals surface area contributed by atoms with Crippen LogP contribution in [0.3, 0.4) is 0 Å². The average molecular weight is 553 g/mol. The molecule has 0 spiro atoms. The largest absolute Gasteiger partial charge is 0.472 e. The second-order valence-corrected chi connectivity index (χ2v) is 6.98. The lowest BCUT2D eigenvalue weighted by Gasteiger charge is -2.19. The van der Waals surface area contributed by atoms with Gasteiger partial charge in [-0.3, -0.25) is 9.20 Å². The van der Waals surface area contributed by atoms with Crippen LogP contribution < -0.4 is 10.2 Å². The fraction of sp³-hybridized carbons (Fsp3) is 0.250. The maximum Gasteiger partial charge on any atom is 0.456 e. The number of hydrogen-bond acceptors (Lipinski definition) is 3. The number of ether oxygens (including phenoxy) is 1. The molecule has 0 amide bonds. The van der Waals surface area contributed by atoms with Crippen LogP contribution in [0.5, 0.6) is 5.88 Å². The van der Waals surface area contributed by atoms with Crippen molar-refractivity contribution in [3.05, 3.63) is 50.1 Å². The minimum Gasteiger partial charge on any atom is -0.472 e. The third-order valence-electron chi connectivity index (χ3n) is 3.85. The Labute approximate surface area is 174 Å². The minimum absolute atomic E-state index is 0.0108. The molecular weight excluding hydrogens is 545 g/mol. The molecule has 30 heavy (non-hydrogen) atoms. The number of hydrogen-bond donors (Lipinski definition) is 1. The van der Waals surface area contributed by atoms with Gasteiger partial charge < -0.3 is 9.72 Å². The van der Waals surface area contributed by atoms with E-state index in [4.69, 9.17) is 0 Å². The Morgan fingerprint density at radius 1 is 1.10 bits per heavy atom. The van der Waals surface area contributed by atoms with Gasteiger partial charge in [0.05, 0.1) is 11.1 Å². The predicted octanol–water partition coefficient (Wildman–Crippen LogP) is 4.89. The molecule has 3 rings (SSSR count). The Morgan fingerprint density at radius 2 is 1.77 bits per heavy atom. The van der Waals surface area contributed by atoms with E-state index in [9.17, 15) is 39.9 Å². The summed E-state index contributed by atoms with van der Waals surface area (Å²) in [5.74, 6) is -5.78. The Morgan fingerprint density at radius 3 is 2.33 bits per heavy atom. The highest BCUT2D eigenvalue weighted by atomic mass is 127. The number of pyridine rings is 2. The highest BCUT2D eigenvalue weighted by Gasteiger charge is 2.58. The molecule has 162 valence electrons. The van der Waals surface area contributed by atoms with Crippen LogP contribution in [0.15, 0.2) is 35.4 Å². The lowest BCUT2D eigenvalue weighted by atomic mass is 10.2. The van der Waals surface area contributed by atoms with Gasteiger partial charge in [-0.15, -0.1) is 0 Å². The zero-order valence-electron chi connectivity index (χ0n) is 14.2. The van der Waals surface area contributed by atoms with E-state index in [1.807, 2.05) is 0 Å². The lowest BCUT2D eigenvalue weighted by Crippen LogP contribution is -2.41. The number of H-pyrrole nitrogens is 1. The number of nitrogens with one attached hydrogen (secondary N) is 1. The first-order valence-corrected chi connectivity index (χ1v) is 8.84. The van der Waals surface area contributed by atoms with Gasteiger partial charge in [-0.2, -0.15) is 35.1 Å². The maximum absolute atomic E-state index is 12.9. The topological polar surface area (TPSA) is 59.4 Å². The molecule has 0 saturated heterocycles. The standard InChI is InChI=1S/C16H8F8IN3O2/c17-14(18,16(22,23)24)6-30-11-3-9(29)8(4-26-11)12-13(25)28-5-7(15(19,20)21)1-2-10(28)27-12/h1-5H,6H2,(H,26,29). The van der Waals surface area contributed by atoms with E-state index < -0.39 is 41.8 Å². The molecule has 0 bridgehead atoms. The van der Waals surface area contributed by atoms with Crippen molar-refractivity contribution < 1.29 is 39.9 Å². The van der Waals surface area contributed by atoms with Gasteiger partial charge in [-0.05, 0) is 34.7 Å². The summed E-state index contributed by atoms with van der Waals surface area (Å²) in [5, 5.41) is 0. The summed E-state index contributed by atoms with van der Waals surface area (Å²) in [6, 6.07) is 2.55. The SMILES string of the molecule is O=c1cc(OCC(F)(F)C(F)(F)F)[nH]cc1-c1nc2ccc(C(F)(F)F)cn2c1I. The van der Waals surface area contributed by atoms with Gasteiger partial charge in [0.1, 0.15) is 15.0 Å². The molecule has 0 aromatic carbocycles. The molecule has 0 radical (unpaired) electrons. The molecule has 0 aliphatic heterocycles. The molecule has 0 aliphatic carbocycles. The number of imidazole rings is 1. The fourth-order valence-corrected chi connectivity index (χ4v) is 3.12. The van der Waals surface area contributed by atoms with Gasteiger partial charge in [0, 0.05) is 18.5 Å². The van der Waals surface area contributed by atoms with Crippen molar-refractivity contribution in [2.45, 2.75) is 18.3 Å². The van der Waals surface area contributed by atoms with Crippen molar-refractivity contribution in [2.24, 2.45) is 0 Å². The molecule has 0 unspecified atom stereocenters. The van der Waals surface area contributed by atoms with E-state index in [0.29, 0.717) is 6.07 Å². The number of aromatic amines is 1. The van der Waals surface area contributed by atoms with Crippen molar-refractivity contribution in [3.8, 4) is 17.1 Å². The summed E-state index contributed by atoms with van der Waals surface area (Å²) in [7, 11) is 0. The number of aromatic nitrogens is 3. The molecule has 0 aliphatic rings. The second-order valence-electron chi connectivity index (χ2n) is 5.96. The Hall–Kier alpha value is -2.39. The zero-order valence-corrected chi connectivity index (χ0v) is 16.4. The fourth-order valence-electron chi connectivity index (χ4n) is 2.33. The van der Waals surface area contributed by atoms with E-state index in [1.165, 1.54) is 0 Å². The quantitative estimate of drug-likeness (QED) is 0.370. The number of halogens is 9. The van der Waals surface area contributed by atoms with Gasteiger partial charge in [-0.1, -0.05) is 0 Å². The first-order chi connectivity index (χ1) is 13.7. The van der Waals surface area contributed by atoms with E-state index in [0.717, 1.165) is 28.9 Å². The van der Waals surface area contributed by atoms with Crippen LogP contribution in [-0.2, 0) is 6.18 Å². The predicted molar refractivity (Wildman–Crippen MR) is 95.5 cm³/mol. The summed E-state index contributed by atoms with van der Waals surface area (Å²) >= 11 is 1.67. The highest BCUT2D eigenvalue weighted by molar-refractivity contribution is 14.1. The van der Waals surface area contributed by atoms with E-state index in [-0.39, 0.29) is 20.6 Å². The Balaban J connectivity index is 1.93. The maximum atomic E-state index is 12.9. The van der Waals surface area contributed by atoms with Crippen molar-refractivity contribution in [3.63, 3.8) is 0 Å². The molecule has 3 aromatic rings. The van der Waals surface area contributed by atoms with Gasteiger partial charge in [0.2, 0.25) is 0 Å². The first-order valence-electron chi connectivity index (χ1n) is 7.76. The third-order valence-corrected chi connectivity index (χ3v) is 4.88. The second kappa shape index (κ2) is 7.39. The molecule has 5 nitrogen and oxygen atoms in total. The van der Waals surface area contributed by atoms with E-state index >= 15 is 0 Å². The summed E-state index contributed by atoms with van der Waals surface area (Å²) in [4.78, 5) is 18.6. The summed E-state index contributed by atoms with van der Waals surface area (Å²) in [6.07, 6.45) is -8.68. The van der Waals surface area contributed by atoms with Crippen LogP contribution in [0.1, 0.15) is 5.56 Å². The zero-order chi connectivity index (χ0) is 22.5. The molecule has 0 fully saturated rings. The lowest BCUT2D eigenvalue weighted by molar-refractivity contribution is -0.290. The molecular formula is C16H8F8IN3O2. The number of rotatable bonds is 4. The van der Waals surface area contributed by atoms with E-state index in [1.54, 1.807) is 22.6 Å². The third kappa shape index (κ3) is 4.22. The number of fused-ring (bicyclic) bond motifs is 1. The normalized spacial score (nSPS) is 13.1. The monoisotopic (exact) mass is 553 g/mol. The molecule has 0 saturated carbocycles. The molecule has 3 aromatic heterocycles. The van der Waals surface area contributed by atoms with Crippen molar-refractivity contribution in [1.29, 1.82) is 0 Å². The summed E-state index contributed by atoms with van der Waals surface area (Å²) < 4.78 is 107. The van der Waals surface area contributed by atoms with Crippen LogP contribution in [0.2, 0.25) is 0 Å². The van der Waals surface area contributed by atoms with Crippen molar-refractivity contribution in [2.75, 3.05) is 6.61 Å². The van der Waals surface area contributed by atoms with Crippen LogP contribution in [-0.4, -0.2) is 33.1 Å². The van der Waals surface area contributed by atoms with E-state index in [2.05, 4.69) is 14.7 Å². The van der Waals surface area contributed by atoms with Crippen LogP contribution in [0.4, 0.5) is 35.1 Å². The smallest absolute Gasteiger partial charge is 0.456 e. The summed E-state index contributed by atoms with van der Waals surface area (Å²) in [6.45, 7) is -2.04. The van der Waals surface area contributed by atoms with Gasteiger partial charge >= 0.3 is 18.3 Å². The van der Waals surface area contributed by atoms with Gasteiger partial charge in [0.25, 0.3) is 0 Å². The van der Waals surface area contributed by atoms with Crippen LogP contribution >= 0.6 is 22.6 Å². The Bertz CT molecular complexity index is 1150. The summed E-state index contributed by atoms with van der Waals surface area (Å²) in [5.41, 5.74) is -1.85. The first kappa shape index (κ1) is 22.3. The van der Waals surface area contributed by atoms with Gasteiger partial charge in [-0.25, -0.2) is 4.98 Å². The highest BCUT2D eigenvalue weighted by Crippen LogP contribution is 2.35. The number of nitrogens with zero attached hydrogens (tertiary/aromatic N) is 2. The van der Waals surface area contributed by atoms with Crippen LogP contribution in [0.25, 0.3) is 16.9 Å². The molecule has 14 heteroatoms. The average Bonchev–Trinajstić information content (AvgIpc) is 2.94. The van der Waals surface area contributed by atoms with Crippen LogP contribution in [0, 0.1) is 3.70 Å². The van der Waals surface area contributed by atoms with Gasteiger partial charge in [0.15, 0.2) is 17.9 Å². The van der Waals surface area contributed by atoms with Crippen molar-refractivity contribution in [1.82, 2.24) is 14.4 Å². The van der Waals surface area contributed by atoms with Crippen molar-refractivity contribution >= 4 is 28.2 Å². The molecule has 1 N–H and O–H groups in total. The molecule has 3 heterocycles. The Kier molecular flexibility index (Phi) is 5.49. The number of alkyl halides is 8. The minimum atomic E-state index is -5.82. The molecule has 0 atom stereocenters.